The third-order valence-electron chi connectivity index (χ3n) is 4.20. The zero-order chi connectivity index (χ0) is 16.7. The van der Waals surface area contributed by atoms with E-state index < -0.39 is 17.5 Å². The van der Waals surface area contributed by atoms with E-state index in [9.17, 15) is 13.2 Å². The van der Waals surface area contributed by atoms with Crippen molar-refractivity contribution in [1.82, 2.24) is 15.1 Å². The molecule has 1 aromatic heterocycles. The van der Waals surface area contributed by atoms with Crippen LogP contribution in [0.2, 0.25) is 0 Å². The number of hydrogen-bond donors (Lipinski definition) is 1. The van der Waals surface area contributed by atoms with Crippen LogP contribution in [0, 0.1) is 17.5 Å². The average Bonchev–Trinajstić information content (AvgIpc) is 2.97. The highest BCUT2D eigenvalue weighted by Crippen LogP contribution is 2.31. The van der Waals surface area contributed by atoms with Crippen molar-refractivity contribution in [3.8, 4) is 16.9 Å². The lowest BCUT2D eigenvalue weighted by atomic mass is 10.0. The van der Waals surface area contributed by atoms with E-state index in [1.807, 2.05) is 0 Å². The van der Waals surface area contributed by atoms with Gasteiger partial charge in [0.15, 0.2) is 0 Å². The lowest BCUT2D eigenvalue weighted by molar-refractivity contribution is 0.575. The molecule has 122 valence electrons. The van der Waals surface area contributed by atoms with Crippen molar-refractivity contribution >= 4 is 0 Å². The topological polar surface area (TPSA) is 29.9 Å². The normalized spacial score (nSPS) is 13.8. The predicted molar refractivity (Wildman–Crippen MR) is 84.3 cm³/mol. The van der Waals surface area contributed by atoms with Crippen LogP contribution in [0.1, 0.15) is 11.3 Å². The van der Waals surface area contributed by atoms with E-state index in [1.54, 1.807) is 18.2 Å². The molecule has 24 heavy (non-hydrogen) atoms. The molecule has 0 aliphatic carbocycles. The van der Waals surface area contributed by atoms with Crippen molar-refractivity contribution in [1.29, 1.82) is 0 Å². The Kier molecular flexibility index (Phi) is 3.61. The minimum absolute atomic E-state index is 0.0377. The zero-order valence-corrected chi connectivity index (χ0v) is 12.7. The first kappa shape index (κ1) is 15.0. The molecule has 6 heteroatoms. The Morgan fingerprint density at radius 2 is 1.83 bits per heavy atom. The van der Waals surface area contributed by atoms with E-state index in [2.05, 4.69) is 10.4 Å². The zero-order valence-electron chi connectivity index (χ0n) is 12.7. The fourth-order valence-corrected chi connectivity index (χ4v) is 3.07. The Balaban J connectivity index is 1.97. The maximum absolute atomic E-state index is 14.2. The fourth-order valence-electron chi connectivity index (χ4n) is 3.07. The Hall–Kier alpha value is -2.60. The molecule has 3 nitrogen and oxygen atoms in total. The first-order chi connectivity index (χ1) is 11.6. The van der Waals surface area contributed by atoms with Crippen molar-refractivity contribution in [2.75, 3.05) is 6.54 Å². The molecule has 0 radical (unpaired) electrons. The lowest BCUT2D eigenvalue weighted by Gasteiger charge is -2.16. The standard InChI is InChI=1S/C18H14F3N3/c19-11-5-6-15(21)17(9-11)24-16-7-8-22-10-13(16)18(23-24)12-3-1-2-4-14(12)20/h1-6,9,22H,7-8,10H2. The lowest BCUT2D eigenvalue weighted by Crippen LogP contribution is -2.25. The van der Waals surface area contributed by atoms with Crippen LogP contribution in [0.25, 0.3) is 16.9 Å². The van der Waals surface area contributed by atoms with Gasteiger partial charge < -0.3 is 5.32 Å². The molecular weight excluding hydrogens is 315 g/mol. The second-order valence-corrected chi connectivity index (χ2v) is 5.69. The highest BCUT2D eigenvalue weighted by molar-refractivity contribution is 5.66. The molecule has 4 rings (SSSR count). The molecule has 2 aromatic carbocycles. The van der Waals surface area contributed by atoms with E-state index in [0.717, 1.165) is 29.5 Å². The third-order valence-corrected chi connectivity index (χ3v) is 4.20. The molecule has 0 saturated carbocycles. The number of halogens is 3. The van der Waals surface area contributed by atoms with Crippen LogP contribution in [0.5, 0.6) is 0 Å². The fraction of sp³-hybridized carbons (Fsp3) is 0.167. The molecule has 0 amide bonds. The Bertz CT molecular complexity index is 918. The molecule has 0 unspecified atom stereocenters. The molecular formula is C18H14F3N3. The quantitative estimate of drug-likeness (QED) is 0.778. The van der Waals surface area contributed by atoms with Gasteiger partial charge in [0, 0.05) is 36.7 Å². The summed E-state index contributed by atoms with van der Waals surface area (Å²) in [5.74, 6) is -1.51. The minimum Gasteiger partial charge on any atom is -0.312 e. The van der Waals surface area contributed by atoms with Gasteiger partial charge in [0.25, 0.3) is 0 Å². The molecule has 0 fully saturated rings. The van der Waals surface area contributed by atoms with Crippen molar-refractivity contribution in [2.24, 2.45) is 0 Å². The molecule has 3 aromatic rings. The molecule has 0 bridgehead atoms. The van der Waals surface area contributed by atoms with Crippen molar-refractivity contribution in [3.05, 3.63) is 71.2 Å². The summed E-state index contributed by atoms with van der Waals surface area (Å²) in [5, 5.41) is 7.64. The highest BCUT2D eigenvalue weighted by Gasteiger charge is 2.25. The molecule has 2 heterocycles. The van der Waals surface area contributed by atoms with Crippen molar-refractivity contribution in [2.45, 2.75) is 13.0 Å². The summed E-state index contributed by atoms with van der Waals surface area (Å²) in [6.45, 7) is 1.21. The van der Waals surface area contributed by atoms with Gasteiger partial charge in [-0.1, -0.05) is 12.1 Å². The molecule has 0 atom stereocenters. The number of nitrogens with zero attached hydrogens (tertiary/aromatic N) is 2. The van der Waals surface area contributed by atoms with E-state index in [-0.39, 0.29) is 5.69 Å². The van der Waals surface area contributed by atoms with Crippen LogP contribution in [0.15, 0.2) is 42.5 Å². The SMILES string of the molecule is Fc1ccc(F)c(-n2nc(-c3ccccc3F)c3c2CCNC3)c1. The Labute approximate surface area is 136 Å². The maximum Gasteiger partial charge on any atom is 0.149 e. The number of hydrogen-bond acceptors (Lipinski definition) is 2. The first-order valence-electron chi connectivity index (χ1n) is 7.67. The van der Waals surface area contributed by atoms with E-state index in [1.165, 1.54) is 10.7 Å². The molecule has 0 spiro atoms. The summed E-state index contributed by atoms with van der Waals surface area (Å²) in [5.41, 5.74) is 2.44. The third kappa shape index (κ3) is 2.39. The van der Waals surface area contributed by atoms with E-state index >= 15 is 0 Å². The summed E-state index contributed by atoms with van der Waals surface area (Å²) >= 11 is 0. The van der Waals surface area contributed by atoms with E-state index in [4.69, 9.17) is 0 Å². The van der Waals surface area contributed by atoms with Crippen LogP contribution >= 0.6 is 0 Å². The summed E-state index contributed by atoms with van der Waals surface area (Å²) in [7, 11) is 0. The number of benzene rings is 2. The van der Waals surface area contributed by atoms with Gasteiger partial charge in [0.05, 0.1) is 5.69 Å². The van der Waals surface area contributed by atoms with Gasteiger partial charge >= 0.3 is 0 Å². The largest absolute Gasteiger partial charge is 0.312 e. The average molecular weight is 329 g/mol. The van der Waals surface area contributed by atoms with Gasteiger partial charge in [-0.15, -0.1) is 0 Å². The molecule has 0 saturated heterocycles. The van der Waals surface area contributed by atoms with Gasteiger partial charge in [-0.05, 0) is 24.3 Å². The van der Waals surface area contributed by atoms with Gasteiger partial charge in [-0.3, -0.25) is 0 Å². The number of rotatable bonds is 2. The number of fused-ring (bicyclic) bond motifs is 1. The Morgan fingerprint density at radius 1 is 1.00 bits per heavy atom. The summed E-state index contributed by atoms with van der Waals surface area (Å²) in [4.78, 5) is 0. The summed E-state index contributed by atoms with van der Waals surface area (Å²) < 4.78 is 43.4. The minimum atomic E-state index is -0.569. The smallest absolute Gasteiger partial charge is 0.149 e. The summed E-state index contributed by atoms with van der Waals surface area (Å²) in [6, 6.07) is 9.57. The van der Waals surface area contributed by atoms with Gasteiger partial charge in [-0.25, -0.2) is 17.9 Å². The monoisotopic (exact) mass is 329 g/mol. The second kappa shape index (κ2) is 5.79. The second-order valence-electron chi connectivity index (χ2n) is 5.69. The maximum atomic E-state index is 14.2. The predicted octanol–water partition coefficient (Wildman–Crippen LogP) is 3.60. The first-order valence-corrected chi connectivity index (χ1v) is 7.67. The molecule has 1 aliphatic heterocycles. The van der Waals surface area contributed by atoms with Crippen LogP contribution in [-0.2, 0) is 13.0 Å². The highest BCUT2D eigenvalue weighted by atomic mass is 19.1. The molecule has 1 aliphatic rings. The van der Waals surface area contributed by atoms with E-state index in [0.29, 0.717) is 30.8 Å². The van der Waals surface area contributed by atoms with Gasteiger partial charge in [0.1, 0.15) is 28.8 Å². The van der Waals surface area contributed by atoms with Crippen LogP contribution in [0.3, 0.4) is 0 Å². The van der Waals surface area contributed by atoms with Gasteiger partial charge in [-0.2, -0.15) is 5.10 Å². The summed E-state index contributed by atoms with van der Waals surface area (Å²) in [6.07, 6.45) is 0.604. The molecule has 1 N–H and O–H groups in total. The van der Waals surface area contributed by atoms with Crippen molar-refractivity contribution < 1.29 is 13.2 Å². The van der Waals surface area contributed by atoms with Crippen LogP contribution in [-0.4, -0.2) is 16.3 Å². The van der Waals surface area contributed by atoms with Crippen molar-refractivity contribution in [3.63, 3.8) is 0 Å². The number of nitrogens with one attached hydrogen (secondary N) is 1. The Morgan fingerprint density at radius 3 is 2.67 bits per heavy atom. The number of aromatic nitrogens is 2. The van der Waals surface area contributed by atoms with Crippen LogP contribution in [0.4, 0.5) is 13.2 Å². The van der Waals surface area contributed by atoms with Gasteiger partial charge in [0.2, 0.25) is 0 Å². The van der Waals surface area contributed by atoms with Crippen LogP contribution < -0.4 is 5.32 Å².